The molecule has 0 bridgehead atoms. The molecule has 0 atom stereocenters. The van der Waals surface area contributed by atoms with Crippen LogP contribution in [-0.2, 0) is 20.1 Å². The Balaban J connectivity index is 0.000000173. The van der Waals surface area contributed by atoms with Crippen LogP contribution in [0, 0.1) is 38.3 Å². The van der Waals surface area contributed by atoms with Crippen LogP contribution in [-0.4, -0.2) is 24.5 Å². The third kappa shape index (κ3) is 8.76. The minimum atomic E-state index is 0. The number of rotatable bonds is 3. The summed E-state index contributed by atoms with van der Waals surface area (Å²) in [5.41, 5.74) is 6.64. The summed E-state index contributed by atoms with van der Waals surface area (Å²) in [6.45, 7) is 3.94. The first-order chi connectivity index (χ1) is 18.6. The summed E-state index contributed by atoms with van der Waals surface area (Å²) in [6.07, 6.45) is 12.3. The van der Waals surface area contributed by atoms with Gasteiger partial charge in [-0.1, -0.05) is 30.3 Å². The second-order valence-corrected chi connectivity index (χ2v) is 8.21. The summed E-state index contributed by atoms with van der Waals surface area (Å²) in [6, 6.07) is 39.4. The molecule has 6 heteroatoms. The topological polar surface area (TPSA) is 48.5 Å². The standard InChI is InChI=1S/C14H13N4.C11H8N.C8H5.Ir/c1-11-6-8-17(15-11)13-4-3-5-14(10-13)18-9-7-12(2)16-18;1-2-6-10(7-3-1)11-8-4-5-9-12-11;1-2-8-6-4-3-5-7-8;/h3-9H,1-2H3;1-6,8-9H;3-7H;/q3*-1;+3. The summed E-state index contributed by atoms with van der Waals surface area (Å²) < 4.78 is 3.63. The van der Waals surface area contributed by atoms with Crippen molar-refractivity contribution in [3.05, 3.63) is 157 Å². The van der Waals surface area contributed by atoms with E-state index in [0.29, 0.717) is 0 Å². The van der Waals surface area contributed by atoms with Gasteiger partial charge in [-0.05, 0) is 49.1 Å². The van der Waals surface area contributed by atoms with E-state index in [1.807, 2.05) is 139 Å². The van der Waals surface area contributed by atoms with E-state index in [0.717, 1.165) is 39.6 Å². The van der Waals surface area contributed by atoms with Gasteiger partial charge in [0.1, 0.15) is 0 Å². The Morgan fingerprint density at radius 1 is 0.692 bits per heavy atom. The second kappa shape index (κ2) is 15.0. The molecular formula is C33H26IrN5. The number of nitrogens with zero attached hydrogens (tertiary/aromatic N) is 5. The Morgan fingerprint density at radius 2 is 1.31 bits per heavy atom. The van der Waals surface area contributed by atoms with E-state index in [4.69, 9.17) is 6.42 Å². The summed E-state index contributed by atoms with van der Waals surface area (Å²) >= 11 is 0. The number of aryl methyl sites for hydroxylation is 2. The van der Waals surface area contributed by atoms with Crippen molar-refractivity contribution in [2.24, 2.45) is 0 Å². The molecule has 0 aliphatic heterocycles. The monoisotopic (exact) mass is 685 g/mol. The summed E-state index contributed by atoms with van der Waals surface area (Å²) in [4.78, 5) is 4.22. The van der Waals surface area contributed by atoms with Gasteiger partial charge in [-0.2, -0.15) is 16.3 Å². The van der Waals surface area contributed by atoms with Gasteiger partial charge in [0.2, 0.25) is 0 Å². The number of aromatic nitrogens is 5. The first-order valence-corrected chi connectivity index (χ1v) is 12.1. The van der Waals surface area contributed by atoms with Crippen LogP contribution >= 0.6 is 0 Å². The molecule has 0 aliphatic rings. The maximum absolute atomic E-state index is 6.69. The van der Waals surface area contributed by atoms with E-state index in [9.17, 15) is 0 Å². The van der Waals surface area contributed by atoms with Gasteiger partial charge in [0.25, 0.3) is 0 Å². The fourth-order valence-electron chi connectivity index (χ4n) is 3.41. The fourth-order valence-corrected chi connectivity index (χ4v) is 3.41. The van der Waals surface area contributed by atoms with Crippen molar-refractivity contribution in [1.29, 1.82) is 0 Å². The molecule has 0 aliphatic carbocycles. The average molecular weight is 685 g/mol. The van der Waals surface area contributed by atoms with E-state index in [-0.39, 0.29) is 20.1 Å². The van der Waals surface area contributed by atoms with E-state index >= 15 is 0 Å². The fraction of sp³-hybridized carbons (Fsp3) is 0.0606. The Kier molecular flexibility index (Phi) is 11.2. The molecule has 0 amide bonds. The molecule has 0 radical (unpaired) electrons. The van der Waals surface area contributed by atoms with Crippen molar-refractivity contribution in [1.82, 2.24) is 24.5 Å². The van der Waals surface area contributed by atoms with Gasteiger partial charge in [-0.25, -0.2) is 0 Å². The Hall–Kier alpha value is -4.56. The second-order valence-electron chi connectivity index (χ2n) is 8.21. The Bertz CT molecular complexity index is 1490. The predicted octanol–water partition coefficient (Wildman–Crippen LogP) is 6.65. The molecule has 3 aromatic carbocycles. The van der Waals surface area contributed by atoms with Crippen LogP contribution < -0.4 is 0 Å². The van der Waals surface area contributed by atoms with Crippen molar-refractivity contribution < 1.29 is 20.1 Å². The zero-order chi connectivity index (χ0) is 26.6. The molecular weight excluding hydrogens is 659 g/mol. The van der Waals surface area contributed by atoms with Gasteiger partial charge in [-0.3, -0.25) is 15.3 Å². The normalized spacial score (nSPS) is 9.56. The smallest absolute Gasteiger partial charge is 0.366 e. The van der Waals surface area contributed by atoms with Gasteiger partial charge in [0.05, 0.1) is 11.4 Å². The molecule has 6 rings (SSSR count). The van der Waals surface area contributed by atoms with Crippen LogP contribution in [0.3, 0.4) is 0 Å². The molecule has 0 N–H and O–H groups in total. The molecule has 0 saturated carbocycles. The Labute approximate surface area is 243 Å². The SMILES string of the molecule is Cc1ccn(-c2[c-]c(-n3ccc(C)n3)ccc2)n1.[C-]#Cc1ccccc1.[Ir+3].[c-]1ccccc1-c1ccccn1. The van der Waals surface area contributed by atoms with E-state index in [2.05, 4.69) is 33.2 Å². The average Bonchev–Trinajstić information content (AvgIpc) is 3.63. The van der Waals surface area contributed by atoms with Crippen molar-refractivity contribution in [2.75, 3.05) is 0 Å². The number of hydrogen-bond donors (Lipinski definition) is 0. The third-order valence-corrected chi connectivity index (χ3v) is 5.27. The zero-order valence-corrected chi connectivity index (χ0v) is 24.0. The van der Waals surface area contributed by atoms with Crippen molar-refractivity contribution in [2.45, 2.75) is 13.8 Å². The molecule has 0 saturated heterocycles. The van der Waals surface area contributed by atoms with Gasteiger partial charge in [0.15, 0.2) is 0 Å². The van der Waals surface area contributed by atoms with Gasteiger partial charge < -0.3 is 11.4 Å². The van der Waals surface area contributed by atoms with E-state index in [1.165, 1.54) is 0 Å². The largest absolute Gasteiger partial charge is 3.00 e. The minimum Gasteiger partial charge on any atom is -0.366 e. The number of hydrogen-bond acceptors (Lipinski definition) is 3. The summed E-state index contributed by atoms with van der Waals surface area (Å²) in [5.74, 6) is 2.28. The van der Waals surface area contributed by atoms with Crippen LogP contribution in [0.15, 0.2) is 122 Å². The van der Waals surface area contributed by atoms with Crippen LogP contribution in [0.4, 0.5) is 0 Å². The van der Waals surface area contributed by atoms with Crippen LogP contribution in [0.1, 0.15) is 17.0 Å². The van der Waals surface area contributed by atoms with E-state index in [1.54, 1.807) is 6.20 Å². The molecule has 5 nitrogen and oxygen atoms in total. The van der Waals surface area contributed by atoms with Crippen LogP contribution in [0.2, 0.25) is 0 Å². The zero-order valence-electron chi connectivity index (χ0n) is 21.6. The minimum absolute atomic E-state index is 0. The van der Waals surface area contributed by atoms with Crippen molar-refractivity contribution in [3.8, 4) is 28.6 Å². The molecule has 0 spiro atoms. The summed E-state index contributed by atoms with van der Waals surface area (Å²) in [5, 5.41) is 8.75. The molecule has 0 unspecified atom stereocenters. The number of benzene rings is 3. The first-order valence-electron chi connectivity index (χ1n) is 12.1. The van der Waals surface area contributed by atoms with Gasteiger partial charge in [0, 0.05) is 18.6 Å². The van der Waals surface area contributed by atoms with Crippen LogP contribution in [0.5, 0.6) is 0 Å². The molecule has 3 aromatic heterocycles. The van der Waals surface area contributed by atoms with Gasteiger partial charge in [-0.15, -0.1) is 71.8 Å². The molecule has 39 heavy (non-hydrogen) atoms. The molecule has 192 valence electrons. The third-order valence-electron chi connectivity index (χ3n) is 5.27. The quantitative estimate of drug-likeness (QED) is 0.155. The molecule has 0 fully saturated rings. The number of pyridine rings is 1. The maximum atomic E-state index is 6.69. The van der Waals surface area contributed by atoms with Crippen molar-refractivity contribution >= 4 is 0 Å². The maximum Gasteiger partial charge on any atom is 3.00 e. The first kappa shape index (κ1) is 29.0. The molecule has 6 aromatic rings. The van der Waals surface area contributed by atoms with E-state index < -0.39 is 0 Å². The molecule has 3 heterocycles. The van der Waals surface area contributed by atoms with Crippen molar-refractivity contribution in [3.63, 3.8) is 0 Å². The summed E-state index contributed by atoms with van der Waals surface area (Å²) in [7, 11) is 0. The van der Waals surface area contributed by atoms with Gasteiger partial charge >= 0.3 is 20.1 Å². The van der Waals surface area contributed by atoms with Crippen LogP contribution in [0.25, 0.3) is 22.6 Å². The predicted molar refractivity (Wildman–Crippen MR) is 150 cm³/mol. The Morgan fingerprint density at radius 3 is 1.77 bits per heavy atom.